The van der Waals surface area contributed by atoms with Gasteiger partial charge in [0, 0.05) is 13.7 Å². The van der Waals surface area contributed by atoms with E-state index in [1.165, 1.54) is 19.3 Å². The summed E-state index contributed by atoms with van der Waals surface area (Å²) in [6, 6.07) is 0. The molecule has 1 atom stereocenters. The zero-order valence-corrected chi connectivity index (χ0v) is 10.8. The van der Waals surface area contributed by atoms with Crippen LogP contribution in [0.2, 0.25) is 0 Å². The van der Waals surface area contributed by atoms with Crippen LogP contribution in [-0.4, -0.2) is 38.3 Å². The third kappa shape index (κ3) is 3.42. The molecule has 1 saturated carbocycles. The molecule has 1 aliphatic carbocycles. The van der Waals surface area contributed by atoms with Crippen LogP contribution in [0.25, 0.3) is 0 Å². The number of rotatable bonds is 5. The van der Waals surface area contributed by atoms with Gasteiger partial charge in [0.15, 0.2) is 0 Å². The summed E-state index contributed by atoms with van der Waals surface area (Å²) in [5, 5.41) is 6.42. The molecule has 17 heavy (non-hydrogen) atoms. The average molecular weight is 240 g/mol. The molecule has 1 saturated heterocycles. The van der Waals surface area contributed by atoms with E-state index in [4.69, 9.17) is 4.74 Å². The SMILES string of the molecule is COC1(CC(=O)NCC2CCCNC2)CCC1. The molecule has 0 spiro atoms. The Hall–Kier alpha value is -0.610. The van der Waals surface area contributed by atoms with Crippen LogP contribution in [-0.2, 0) is 9.53 Å². The maximum Gasteiger partial charge on any atom is 0.222 e. The molecule has 0 aromatic heterocycles. The third-order valence-corrected chi connectivity index (χ3v) is 4.17. The minimum atomic E-state index is -0.144. The van der Waals surface area contributed by atoms with Crippen molar-refractivity contribution < 1.29 is 9.53 Å². The molecule has 4 heteroatoms. The van der Waals surface area contributed by atoms with E-state index in [1.54, 1.807) is 7.11 Å². The summed E-state index contributed by atoms with van der Waals surface area (Å²) in [4.78, 5) is 11.8. The van der Waals surface area contributed by atoms with Gasteiger partial charge in [-0.2, -0.15) is 0 Å². The second-order valence-electron chi connectivity index (χ2n) is 5.43. The van der Waals surface area contributed by atoms with Crippen LogP contribution < -0.4 is 10.6 Å². The molecular formula is C13H24N2O2. The van der Waals surface area contributed by atoms with Crippen LogP contribution in [0.3, 0.4) is 0 Å². The van der Waals surface area contributed by atoms with Gasteiger partial charge in [0.2, 0.25) is 5.91 Å². The highest BCUT2D eigenvalue weighted by Crippen LogP contribution is 2.37. The van der Waals surface area contributed by atoms with E-state index in [1.807, 2.05) is 0 Å². The predicted octanol–water partition coefficient (Wildman–Crippen LogP) is 1.06. The van der Waals surface area contributed by atoms with Crippen molar-refractivity contribution in [2.45, 2.75) is 44.1 Å². The van der Waals surface area contributed by atoms with Gasteiger partial charge in [0.25, 0.3) is 0 Å². The zero-order chi connectivity index (χ0) is 12.1. The number of hydrogen-bond acceptors (Lipinski definition) is 3. The van der Waals surface area contributed by atoms with Crippen molar-refractivity contribution in [3.63, 3.8) is 0 Å². The average Bonchev–Trinajstić information content (AvgIpc) is 2.33. The molecule has 2 N–H and O–H groups in total. The quantitative estimate of drug-likeness (QED) is 0.755. The van der Waals surface area contributed by atoms with Gasteiger partial charge in [-0.05, 0) is 51.1 Å². The number of methoxy groups -OCH3 is 1. The van der Waals surface area contributed by atoms with E-state index in [9.17, 15) is 4.79 Å². The molecule has 1 unspecified atom stereocenters. The molecule has 4 nitrogen and oxygen atoms in total. The van der Waals surface area contributed by atoms with E-state index < -0.39 is 0 Å². The van der Waals surface area contributed by atoms with Crippen molar-refractivity contribution in [2.75, 3.05) is 26.7 Å². The fraction of sp³-hybridized carbons (Fsp3) is 0.923. The van der Waals surface area contributed by atoms with Crippen LogP contribution in [0.5, 0.6) is 0 Å². The fourth-order valence-electron chi connectivity index (χ4n) is 2.74. The molecule has 2 fully saturated rings. The maximum absolute atomic E-state index is 11.8. The van der Waals surface area contributed by atoms with Gasteiger partial charge < -0.3 is 15.4 Å². The summed E-state index contributed by atoms with van der Waals surface area (Å²) < 4.78 is 5.46. The molecule has 2 rings (SSSR count). The summed E-state index contributed by atoms with van der Waals surface area (Å²) in [5.41, 5.74) is -0.144. The zero-order valence-electron chi connectivity index (χ0n) is 10.8. The summed E-state index contributed by atoms with van der Waals surface area (Å²) >= 11 is 0. The summed E-state index contributed by atoms with van der Waals surface area (Å²) in [6.07, 6.45) is 6.23. The number of carbonyl (C=O) groups is 1. The molecule has 1 aliphatic heterocycles. The number of carbonyl (C=O) groups excluding carboxylic acids is 1. The molecule has 1 amide bonds. The Bertz CT molecular complexity index is 253. The van der Waals surface area contributed by atoms with Gasteiger partial charge in [0.1, 0.15) is 0 Å². The van der Waals surface area contributed by atoms with Gasteiger partial charge >= 0.3 is 0 Å². The largest absolute Gasteiger partial charge is 0.378 e. The lowest BCUT2D eigenvalue weighted by Crippen LogP contribution is -2.45. The van der Waals surface area contributed by atoms with Crippen LogP contribution >= 0.6 is 0 Å². The van der Waals surface area contributed by atoms with Crippen LogP contribution in [0.1, 0.15) is 38.5 Å². The lowest BCUT2D eigenvalue weighted by Gasteiger charge is -2.40. The fourth-order valence-corrected chi connectivity index (χ4v) is 2.74. The standard InChI is InChI=1S/C13H24N2O2/c1-17-13(5-3-6-13)8-12(16)15-10-11-4-2-7-14-9-11/h11,14H,2-10H2,1H3,(H,15,16). The van der Waals surface area contributed by atoms with E-state index in [2.05, 4.69) is 10.6 Å². The molecule has 0 aromatic rings. The van der Waals surface area contributed by atoms with Gasteiger partial charge in [-0.25, -0.2) is 0 Å². The van der Waals surface area contributed by atoms with Crippen LogP contribution in [0.4, 0.5) is 0 Å². The molecule has 98 valence electrons. The first-order chi connectivity index (χ1) is 8.24. The normalized spacial score (nSPS) is 27.2. The van der Waals surface area contributed by atoms with Crippen LogP contribution in [0.15, 0.2) is 0 Å². The number of ether oxygens (including phenoxy) is 1. The molecule has 0 radical (unpaired) electrons. The minimum Gasteiger partial charge on any atom is -0.378 e. The first-order valence-electron chi connectivity index (χ1n) is 6.77. The second-order valence-corrected chi connectivity index (χ2v) is 5.43. The van der Waals surface area contributed by atoms with Crippen LogP contribution in [0, 0.1) is 5.92 Å². The Kier molecular flexibility index (Phi) is 4.40. The van der Waals surface area contributed by atoms with Gasteiger partial charge in [-0.3, -0.25) is 4.79 Å². The van der Waals surface area contributed by atoms with Gasteiger partial charge in [-0.1, -0.05) is 0 Å². The van der Waals surface area contributed by atoms with E-state index in [-0.39, 0.29) is 11.5 Å². The monoisotopic (exact) mass is 240 g/mol. The van der Waals surface area contributed by atoms with E-state index in [0.717, 1.165) is 32.5 Å². The van der Waals surface area contributed by atoms with Crippen molar-refractivity contribution in [3.05, 3.63) is 0 Å². The van der Waals surface area contributed by atoms with Crippen molar-refractivity contribution in [3.8, 4) is 0 Å². The predicted molar refractivity (Wildman–Crippen MR) is 66.8 cm³/mol. The Morgan fingerprint density at radius 1 is 1.47 bits per heavy atom. The molecule has 0 aromatic carbocycles. The molecule has 0 bridgehead atoms. The Morgan fingerprint density at radius 2 is 2.29 bits per heavy atom. The minimum absolute atomic E-state index is 0.144. The Balaban J connectivity index is 1.66. The first-order valence-corrected chi connectivity index (χ1v) is 6.77. The van der Waals surface area contributed by atoms with Gasteiger partial charge in [0.05, 0.1) is 12.0 Å². The number of amides is 1. The highest BCUT2D eigenvalue weighted by molar-refractivity contribution is 5.77. The topological polar surface area (TPSA) is 50.4 Å². The Labute approximate surface area is 103 Å². The van der Waals surface area contributed by atoms with Crippen molar-refractivity contribution in [1.29, 1.82) is 0 Å². The summed E-state index contributed by atoms with van der Waals surface area (Å²) in [7, 11) is 1.72. The smallest absolute Gasteiger partial charge is 0.222 e. The summed E-state index contributed by atoms with van der Waals surface area (Å²) in [6.45, 7) is 2.97. The van der Waals surface area contributed by atoms with E-state index in [0.29, 0.717) is 12.3 Å². The second kappa shape index (κ2) is 5.83. The molecule has 2 aliphatic rings. The van der Waals surface area contributed by atoms with Crippen molar-refractivity contribution in [2.24, 2.45) is 5.92 Å². The Morgan fingerprint density at radius 3 is 2.82 bits per heavy atom. The highest BCUT2D eigenvalue weighted by atomic mass is 16.5. The number of hydrogen-bond donors (Lipinski definition) is 2. The highest BCUT2D eigenvalue weighted by Gasteiger charge is 2.38. The first kappa shape index (κ1) is 12.8. The van der Waals surface area contributed by atoms with Gasteiger partial charge in [-0.15, -0.1) is 0 Å². The third-order valence-electron chi connectivity index (χ3n) is 4.17. The lowest BCUT2D eigenvalue weighted by molar-refractivity contribution is -0.134. The summed E-state index contributed by atoms with van der Waals surface area (Å²) in [5.74, 6) is 0.754. The van der Waals surface area contributed by atoms with E-state index >= 15 is 0 Å². The van der Waals surface area contributed by atoms with Crippen molar-refractivity contribution in [1.82, 2.24) is 10.6 Å². The number of piperidine rings is 1. The van der Waals surface area contributed by atoms with Crippen molar-refractivity contribution >= 4 is 5.91 Å². The molecule has 1 heterocycles. The molecular weight excluding hydrogens is 216 g/mol. The number of nitrogens with one attached hydrogen (secondary N) is 2. The lowest BCUT2D eigenvalue weighted by atomic mass is 9.77. The maximum atomic E-state index is 11.8.